The third-order valence-electron chi connectivity index (χ3n) is 3.72. The molecule has 3 N–H and O–H groups in total. The van der Waals surface area contributed by atoms with Gasteiger partial charge in [-0.2, -0.15) is 0 Å². The van der Waals surface area contributed by atoms with E-state index < -0.39 is 0 Å². The highest BCUT2D eigenvalue weighted by Gasteiger charge is 2.05. The molecule has 0 fully saturated rings. The summed E-state index contributed by atoms with van der Waals surface area (Å²) in [5.74, 6) is 0.354. The molecule has 0 spiro atoms. The normalized spacial score (nSPS) is 10.6. The van der Waals surface area contributed by atoms with Crippen LogP contribution in [0, 0.1) is 0 Å². The molecule has 2 rings (SSSR count). The molecule has 1 heterocycles. The van der Waals surface area contributed by atoms with E-state index in [0.717, 1.165) is 42.8 Å². The molecule has 0 radical (unpaired) electrons. The molecule has 0 aliphatic rings. The molecule has 4 nitrogen and oxygen atoms in total. The van der Waals surface area contributed by atoms with E-state index in [1.165, 1.54) is 18.4 Å². The number of anilines is 2. The predicted octanol–water partition coefficient (Wildman–Crippen LogP) is 3.97. The minimum atomic E-state index is 0.354. The van der Waals surface area contributed by atoms with Gasteiger partial charge in [-0.25, -0.2) is 9.97 Å². The lowest BCUT2D eigenvalue weighted by Crippen LogP contribution is -2.08. The van der Waals surface area contributed by atoms with Crippen LogP contribution in [0.5, 0.6) is 0 Å². The maximum Gasteiger partial charge on any atom is 0.220 e. The zero-order chi connectivity index (χ0) is 15.8. The molecule has 22 heavy (non-hydrogen) atoms. The first-order chi connectivity index (χ1) is 10.7. The van der Waals surface area contributed by atoms with E-state index in [2.05, 4.69) is 53.4 Å². The van der Waals surface area contributed by atoms with Crippen molar-refractivity contribution in [3.05, 3.63) is 47.3 Å². The second-order valence-corrected chi connectivity index (χ2v) is 5.60. The van der Waals surface area contributed by atoms with Crippen molar-refractivity contribution in [3.8, 4) is 0 Å². The molecule has 0 unspecified atom stereocenters. The van der Waals surface area contributed by atoms with Gasteiger partial charge in [0.2, 0.25) is 5.95 Å². The average Bonchev–Trinajstić information content (AvgIpc) is 2.53. The van der Waals surface area contributed by atoms with Crippen molar-refractivity contribution in [2.75, 3.05) is 11.1 Å². The van der Waals surface area contributed by atoms with Crippen LogP contribution >= 0.6 is 0 Å². The van der Waals surface area contributed by atoms with Crippen LogP contribution in [0.25, 0.3) is 0 Å². The zero-order valence-electron chi connectivity index (χ0n) is 13.6. The van der Waals surface area contributed by atoms with Crippen LogP contribution < -0.4 is 11.1 Å². The highest BCUT2D eigenvalue weighted by Crippen LogP contribution is 2.15. The van der Waals surface area contributed by atoms with Gasteiger partial charge in [-0.3, -0.25) is 0 Å². The summed E-state index contributed by atoms with van der Waals surface area (Å²) in [7, 11) is 0. The maximum absolute atomic E-state index is 5.68. The number of rotatable bonds is 8. The van der Waals surface area contributed by atoms with Crippen molar-refractivity contribution in [2.45, 2.75) is 52.5 Å². The molecule has 0 aliphatic carbocycles. The van der Waals surface area contributed by atoms with Gasteiger partial charge in [-0.05, 0) is 37.0 Å². The first-order valence-corrected chi connectivity index (χ1v) is 8.16. The lowest BCUT2D eigenvalue weighted by molar-refractivity contribution is 0.795. The summed E-state index contributed by atoms with van der Waals surface area (Å²) in [4.78, 5) is 8.46. The van der Waals surface area contributed by atoms with Crippen molar-refractivity contribution in [3.63, 3.8) is 0 Å². The van der Waals surface area contributed by atoms with Crippen LogP contribution in [-0.4, -0.2) is 9.97 Å². The molecule has 0 saturated carbocycles. The van der Waals surface area contributed by atoms with Gasteiger partial charge in [0.15, 0.2) is 0 Å². The third-order valence-corrected chi connectivity index (χ3v) is 3.72. The Hall–Kier alpha value is -2.10. The van der Waals surface area contributed by atoms with E-state index in [9.17, 15) is 0 Å². The molecule has 0 aliphatic heterocycles. The molecular formula is C18H26N4. The molecule has 0 amide bonds. The van der Waals surface area contributed by atoms with Gasteiger partial charge in [0.05, 0.1) is 5.69 Å². The first-order valence-electron chi connectivity index (χ1n) is 8.16. The minimum absolute atomic E-state index is 0.354. The minimum Gasteiger partial charge on any atom is -0.381 e. The first kappa shape index (κ1) is 16.3. The summed E-state index contributed by atoms with van der Waals surface area (Å²) in [6.45, 7) is 5.09. The standard InChI is InChI=1S/C18H26N4/c1-3-5-7-14-8-10-16(11-9-14)20-12-15-13-21-18(19)22-17(15)6-4-2/h8-11,13,20H,3-7,12H2,1-2H3,(H2,19,21,22). The van der Waals surface area contributed by atoms with Gasteiger partial charge in [-0.1, -0.05) is 38.8 Å². The Morgan fingerprint density at radius 1 is 1.05 bits per heavy atom. The highest BCUT2D eigenvalue weighted by atomic mass is 15.0. The Balaban J connectivity index is 1.97. The maximum atomic E-state index is 5.68. The molecule has 2 aromatic rings. The van der Waals surface area contributed by atoms with Crippen molar-refractivity contribution < 1.29 is 0 Å². The second kappa shape index (κ2) is 8.37. The summed E-state index contributed by atoms with van der Waals surface area (Å²) in [5, 5.41) is 3.44. The summed E-state index contributed by atoms with van der Waals surface area (Å²) in [5.41, 5.74) is 10.4. The predicted molar refractivity (Wildman–Crippen MR) is 92.8 cm³/mol. The Morgan fingerprint density at radius 3 is 2.50 bits per heavy atom. The number of hydrogen-bond donors (Lipinski definition) is 2. The van der Waals surface area contributed by atoms with Crippen LogP contribution in [-0.2, 0) is 19.4 Å². The second-order valence-electron chi connectivity index (χ2n) is 5.60. The summed E-state index contributed by atoms with van der Waals surface area (Å²) >= 11 is 0. The van der Waals surface area contributed by atoms with Gasteiger partial charge < -0.3 is 11.1 Å². The Labute approximate surface area is 133 Å². The summed E-state index contributed by atoms with van der Waals surface area (Å²) in [6, 6.07) is 8.68. The van der Waals surface area contributed by atoms with E-state index >= 15 is 0 Å². The van der Waals surface area contributed by atoms with Gasteiger partial charge in [0.25, 0.3) is 0 Å². The largest absolute Gasteiger partial charge is 0.381 e. The summed E-state index contributed by atoms with van der Waals surface area (Å²) < 4.78 is 0. The number of unbranched alkanes of at least 4 members (excludes halogenated alkanes) is 1. The molecule has 0 atom stereocenters. The quantitative estimate of drug-likeness (QED) is 0.774. The van der Waals surface area contributed by atoms with Crippen molar-refractivity contribution in [1.29, 1.82) is 0 Å². The number of aryl methyl sites for hydroxylation is 2. The Bertz CT molecular complexity index is 578. The van der Waals surface area contributed by atoms with Crippen LogP contribution in [0.3, 0.4) is 0 Å². The van der Waals surface area contributed by atoms with E-state index in [-0.39, 0.29) is 0 Å². The smallest absolute Gasteiger partial charge is 0.220 e. The lowest BCUT2D eigenvalue weighted by atomic mass is 10.1. The SMILES string of the molecule is CCCCc1ccc(NCc2cnc(N)nc2CCC)cc1. The summed E-state index contributed by atoms with van der Waals surface area (Å²) in [6.07, 6.45) is 7.45. The number of nitrogens with two attached hydrogens (primary N) is 1. The zero-order valence-corrected chi connectivity index (χ0v) is 13.6. The topological polar surface area (TPSA) is 63.8 Å². The van der Waals surface area contributed by atoms with E-state index in [0.29, 0.717) is 5.95 Å². The van der Waals surface area contributed by atoms with Crippen LogP contribution in [0.15, 0.2) is 30.5 Å². The number of nitrogen functional groups attached to an aromatic ring is 1. The number of hydrogen-bond acceptors (Lipinski definition) is 4. The Kier molecular flexibility index (Phi) is 6.19. The number of benzene rings is 1. The van der Waals surface area contributed by atoms with E-state index in [1.807, 2.05) is 6.20 Å². The van der Waals surface area contributed by atoms with Gasteiger partial charge >= 0.3 is 0 Å². The fourth-order valence-corrected chi connectivity index (χ4v) is 2.43. The van der Waals surface area contributed by atoms with Crippen molar-refractivity contribution in [2.24, 2.45) is 0 Å². The van der Waals surface area contributed by atoms with Crippen LogP contribution in [0.2, 0.25) is 0 Å². The van der Waals surface area contributed by atoms with Gasteiger partial charge in [0, 0.05) is 24.0 Å². The molecule has 0 saturated heterocycles. The van der Waals surface area contributed by atoms with Crippen LogP contribution in [0.1, 0.15) is 49.9 Å². The number of nitrogens with zero attached hydrogens (tertiary/aromatic N) is 2. The third kappa shape index (κ3) is 4.72. The van der Waals surface area contributed by atoms with Crippen LogP contribution in [0.4, 0.5) is 11.6 Å². The van der Waals surface area contributed by atoms with Crippen molar-refractivity contribution >= 4 is 11.6 Å². The van der Waals surface area contributed by atoms with Gasteiger partial charge in [0.1, 0.15) is 0 Å². The molecule has 4 heteroatoms. The van der Waals surface area contributed by atoms with E-state index in [4.69, 9.17) is 5.73 Å². The number of aromatic nitrogens is 2. The van der Waals surface area contributed by atoms with E-state index in [1.54, 1.807) is 0 Å². The van der Waals surface area contributed by atoms with Gasteiger partial charge in [-0.15, -0.1) is 0 Å². The fourth-order valence-electron chi connectivity index (χ4n) is 2.43. The molecule has 1 aromatic heterocycles. The Morgan fingerprint density at radius 2 is 1.82 bits per heavy atom. The number of nitrogens with one attached hydrogen (secondary N) is 1. The molecule has 0 bridgehead atoms. The lowest BCUT2D eigenvalue weighted by Gasteiger charge is -2.11. The average molecular weight is 298 g/mol. The highest BCUT2D eigenvalue weighted by molar-refractivity contribution is 5.45. The molecule has 1 aromatic carbocycles. The van der Waals surface area contributed by atoms with Crippen molar-refractivity contribution in [1.82, 2.24) is 9.97 Å². The monoisotopic (exact) mass is 298 g/mol. The fraction of sp³-hybridized carbons (Fsp3) is 0.444. The molecular weight excluding hydrogens is 272 g/mol. The molecule has 118 valence electrons.